The summed E-state index contributed by atoms with van der Waals surface area (Å²) >= 11 is 0. The van der Waals surface area contributed by atoms with E-state index in [0.29, 0.717) is 0 Å². The van der Waals surface area contributed by atoms with E-state index in [4.69, 9.17) is 5.26 Å². The van der Waals surface area contributed by atoms with Crippen molar-refractivity contribution in [1.29, 1.82) is 5.26 Å². The molecule has 1 aliphatic rings. The number of likely N-dealkylation sites (N-methyl/N-ethyl adjacent to an activating group) is 1. The molecule has 1 saturated carbocycles. The quantitative estimate of drug-likeness (QED) is 0.692. The van der Waals surface area contributed by atoms with Gasteiger partial charge >= 0.3 is 0 Å². The summed E-state index contributed by atoms with van der Waals surface area (Å²) in [6.45, 7) is 6.53. The lowest BCUT2D eigenvalue weighted by molar-refractivity contribution is 0.236. The van der Waals surface area contributed by atoms with Gasteiger partial charge in [0.25, 0.3) is 0 Å². The van der Waals surface area contributed by atoms with E-state index >= 15 is 0 Å². The number of nitrogens with zero attached hydrogens (tertiary/aromatic N) is 2. The lowest BCUT2D eigenvalue weighted by Crippen LogP contribution is -2.40. The number of hydrogen-bond donors (Lipinski definition) is 1. The van der Waals surface area contributed by atoms with Gasteiger partial charge in [0.1, 0.15) is 6.04 Å². The molecule has 15 heavy (non-hydrogen) atoms. The molecule has 1 aliphatic carbocycles. The second kappa shape index (κ2) is 6.09. The Morgan fingerprint density at radius 1 is 1.47 bits per heavy atom. The Bertz CT molecular complexity index is 215. The van der Waals surface area contributed by atoms with Crippen LogP contribution in [0.2, 0.25) is 0 Å². The zero-order valence-corrected chi connectivity index (χ0v) is 10.2. The molecule has 3 heteroatoms. The van der Waals surface area contributed by atoms with Gasteiger partial charge in [0.2, 0.25) is 0 Å². The van der Waals surface area contributed by atoms with Crippen LogP contribution >= 0.6 is 0 Å². The predicted molar refractivity (Wildman–Crippen MR) is 62.5 cm³/mol. The van der Waals surface area contributed by atoms with E-state index in [2.05, 4.69) is 30.1 Å². The smallest absolute Gasteiger partial charge is 0.108 e. The second-order valence-corrected chi connectivity index (χ2v) is 4.88. The van der Waals surface area contributed by atoms with Gasteiger partial charge in [0.05, 0.1) is 6.07 Å². The van der Waals surface area contributed by atoms with Crippen LogP contribution in [0.5, 0.6) is 0 Å². The summed E-state index contributed by atoms with van der Waals surface area (Å²) in [6, 6.07) is 3.04. The summed E-state index contributed by atoms with van der Waals surface area (Å²) in [5, 5.41) is 12.0. The number of nitrogens with one attached hydrogen (secondary N) is 1. The van der Waals surface area contributed by atoms with Gasteiger partial charge in [-0.05, 0) is 38.8 Å². The average Bonchev–Trinajstić information content (AvgIpc) is 3.02. The van der Waals surface area contributed by atoms with Crippen LogP contribution < -0.4 is 5.32 Å². The molecule has 1 unspecified atom stereocenters. The molecule has 1 rings (SSSR count). The fourth-order valence-corrected chi connectivity index (χ4v) is 1.72. The van der Waals surface area contributed by atoms with Gasteiger partial charge in [-0.25, -0.2) is 0 Å². The Morgan fingerprint density at radius 2 is 2.13 bits per heavy atom. The van der Waals surface area contributed by atoms with Crippen molar-refractivity contribution in [3.8, 4) is 6.07 Å². The number of hydrogen-bond acceptors (Lipinski definition) is 3. The molecule has 3 nitrogen and oxygen atoms in total. The molecular weight excluding hydrogens is 186 g/mol. The second-order valence-electron chi connectivity index (χ2n) is 4.88. The van der Waals surface area contributed by atoms with E-state index in [-0.39, 0.29) is 6.04 Å². The van der Waals surface area contributed by atoms with Crippen LogP contribution in [0.3, 0.4) is 0 Å². The SMILES string of the molecule is CNC(C#N)CN(CCC(C)C)C1CC1. The number of nitriles is 1. The fraction of sp³-hybridized carbons (Fsp3) is 0.917. The highest BCUT2D eigenvalue weighted by atomic mass is 15.2. The van der Waals surface area contributed by atoms with Gasteiger partial charge in [-0.2, -0.15) is 5.26 Å². The third kappa shape index (κ3) is 4.63. The zero-order valence-electron chi connectivity index (χ0n) is 10.2. The van der Waals surface area contributed by atoms with Crippen LogP contribution in [0.15, 0.2) is 0 Å². The molecule has 0 spiro atoms. The van der Waals surface area contributed by atoms with Crippen molar-refractivity contribution in [2.45, 2.75) is 45.2 Å². The first-order valence-corrected chi connectivity index (χ1v) is 5.98. The van der Waals surface area contributed by atoms with E-state index in [9.17, 15) is 0 Å². The first kappa shape index (κ1) is 12.5. The van der Waals surface area contributed by atoms with Crippen LogP contribution in [0, 0.1) is 17.2 Å². The Kier molecular flexibility index (Phi) is 5.07. The summed E-state index contributed by atoms with van der Waals surface area (Å²) in [5.41, 5.74) is 0. The van der Waals surface area contributed by atoms with Crippen molar-refractivity contribution in [1.82, 2.24) is 10.2 Å². The number of rotatable bonds is 7. The molecule has 1 atom stereocenters. The summed E-state index contributed by atoms with van der Waals surface area (Å²) in [5.74, 6) is 0.751. The normalized spacial score (nSPS) is 18.1. The third-order valence-electron chi connectivity index (χ3n) is 2.98. The standard InChI is InChI=1S/C12H23N3/c1-10(2)6-7-15(12-4-5-12)9-11(8-13)14-3/h10-12,14H,4-7,9H2,1-3H3. The van der Waals surface area contributed by atoms with E-state index in [1.165, 1.54) is 19.3 Å². The van der Waals surface area contributed by atoms with E-state index < -0.39 is 0 Å². The van der Waals surface area contributed by atoms with Gasteiger partial charge < -0.3 is 5.32 Å². The van der Waals surface area contributed by atoms with E-state index in [0.717, 1.165) is 25.0 Å². The Balaban J connectivity index is 2.33. The van der Waals surface area contributed by atoms with Gasteiger partial charge in [-0.1, -0.05) is 13.8 Å². The largest absolute Gasteiger partial charge is 0.304 e. The summed E-state index contributed by atoms with van der Waals surface area (Å²) in [7, 11) is 1.86. The van der Waals surface area contributed by atoms with E-state index in [1.54, 1.807) is 0 Å². The summed E-state index contributed by atoms with van der Waals surface area (Å²) in [6.07, 6.45) is 3.87. The van der Waals surface area contributed by atoms with Crippen molar-refractivity contribution in [2.24, 2.45) is 5.92 Å². The van der Waals surface area contributed by atoms with Gasteiger partial charge in [0, 0.05) is 12.6 Å². The van der Waals surface area contributed by atoms with Crippen molar-refractivity contribution in [3.63, 3.8) is 0 Å². The highest BCUT2D eigenvalue weighted by Crippen LogP contribution is 2.27. The molecule has 0 aliphatic heterocycles. The van der Waals surface area contributed by atoms with Crippen LogP contribution in [0.25, 0.3) is 0 Å². The molecule has 0 aromatic heterocycles. The highest BCUT2D eigenvalue weighted by Gasteiger charge is 2.29. The molecule has 0 heterocycles. The molecule has 1 fully saturated rings. The lowest BCUT2D eigenvalue weighted by Gasteiger charge is -2.24. The summed E-state index contributed by atoms with van der Waals surface area (Å²) in [4.78, 5) is 2.48. The maximum absolute atomic E-state index is 8.92. The van der Waals surface area contributed by atoms with Crippen molar-refractivity contribution in [3.05, 3.63) is 0 Å². The van der Waals surface area contributed by atoms with Gasteiger partial charge in [-0.3, -0.25) is 4.90 Å². The van der Waals surface area contributed by atoms with Crippen LogP contribution in [0.1, 0.15) is 33.1 Å². The first-order valence-electron chi connectivity index (χ1n) is 5.98. The lowest BCUT2D eigenvalue weighted by atomic mass is 10.1. The molecule has 0 saturated heterocycles. The van der Waals surface area contributed by atoms with Crippen molar-refractivity contribution in [2.75, 3.05) is 20.1 Å². The topological polar surface area (TPSA) is 39.1 Å². The molecule has 86 valence electrons. The summed E-state index contributed by atoms with van der Waals surface area (Å²) < 4.78 is 0. The molecular formula is C12H23N3. The Morgan fingerprint density at radius 3 is 2.53 bits per heavy atom. The maximum Gasteiger partial charge on any atom is 0.108 e. The monoisotopic (exact) mass is 209 g/mol. The van der Waals surface area contributed by atoms with Crippen LogP contribution in [-0.2, 0) is 0 Å². The molecule has 0 amide bonds. The van der Waals surface area contributed by atoms with Gasteiger partial charge in [-0.15, -0.1) is 0 Å². The minimum absolute atomic E-state index is 0.0160. The third-order valence-corrected chi connectivity index (χ3v) is 2.98. The van der Waals surface area contributed by atoms with Gasteiger partial charge in [0.15, 0.2) is 0 Å². The van der Waals surface area contributed by atoms with E-state index in [1.807, 2.05) is 7.05 Å². The molecule has 0 aromatic carbocycles. The predicted octanol–water partition coefficient (Wildman–Crippen LogP) is 1.61. The molecule has 0 aromatic rings. The average molecular weight is 209 g/mol. The zero-order chi connectivity index (χ0) is 11.3. The highest BCUT2D eigenvalue weighted by molar-refractivity contribution is 4.95. The van der Waals surface area contributed by atoms with Crippen LogP contribution in [-0.4, -0.2) is 37.1 Å². The van der Waals surface area contributed by atoms with Crippen molar-refractivity contribution < 1.29 is 0 Å². The molecule has 1 N–H and O–H groups in total. The molecule has 0 radical (unpaired) electrons. The Hall–Kier alpha value is -0.590. The fourth-order valence-electron chi connectivity index (χ4n) is 1.72. The molecule has 0 bridgehead atoms. The first-order chi connectivity index (χ1) is 7.17. The van der Waals surface area contributed by atoms with Crippen molar-refractivity contribution >= 4 is 0 Å². The minimum atomic E-state index is -0.0160. The maximum atomic E-state index is 8.92. The minimum Gasteiger partial charge on any atom is -0.304 e. The van der Waals surface area contributed by atoms with Crippen LogP contribution in [0.4, 0.5) is 0 Å². The Labute approximate surface area is 93.5 Å².